The Hall–Kier alpha value is -1.39. The number of hydrogen-bond acceptors (Lipinski definition) is 2. The fourth-order valence-corrected chi connectivity index (χ4v) is 3.23. The number of piperazine rings is 1. The summed E-state index contributed by atoms with van der Waals surface area (Å²) in [6.07, 6.45) is 2.78. The van der Waals surface area contributed by atoms with Crippen molar-refractivity contribution in [3.05, 3.63) is 29.8 Å². The highest BCUT2D eigenvalue weighted by atomic mass is 16.5. The molecule has 0 amide bonds. The smallest absolute Gasteiger partial charge is 0.166 e. The summed E-state index contributed by atoms with van der Waals surface area (Å²) in [6.45, 7) is 12.6. The van der Waals surface area contributed by atoms with Gasteiger partial charge in [-0.2, -0.15) is 0 Å². The van der Waals surface area contributed by atoms with Gasteiger partial charge in [0.05, 0.1) is 25.3 Å². The minimum absolute atomic E-state index is 0.154. The Kier molecular flexibility index (Phi) is 7.56. The lowest BCUT2D eigenvalue weighted by Gasteiger charge is -2.28. The van der Waals surface area contributed by atoms with Gasteiger partial charge in [0.1, 0.15) is 31.9 Å². The Balaban J connectivity index is 1.65. The van der Waals surface area contributed by atoms with Gasteiger partial charge in [0.25, 0.3) is 0 Å². The maximum Gasteiger partial charge on any atom is 0.166 e. The first kappa shape index (κ1) is 18.0. The number of quaternary nitrogens is 2. The number of nitrogens with one attached hydrogen (secondary N) is 2. The maximum atomic E-state index is 11.9. The van der Waals surface area contributed by atoms with Crippen LogP contribution in [-0.2, 0) is 0 Å². The molecular weight excluding hydrogens is 288 g/mol. The van der Waals surface area contributed by atoms with Gasteiger partial charge in [0.15, 0.2) is 5.78 Å². The van der Waals surface area contributed by atoms with E-state index in [4.69, 9.17) is 4.74 Å². The number of benzene rings is 1. The molecule has 23 heavy (non-hydrogen) atoms. The van der Waals surface area contributed by atoms with Crippen molar-refractivity contribution in [3.8, 4) is 5.75 Å². The van der Waals surface area contributed by atoms with Crippen LogP contribution in [-0.4, -0.2) is 51.7 Å². The first-order valence-electron chi connectivity index (χ1n) is 9.16. The number of ketones is 1. The molecule has 0 saturated carbocycles. The second-order valence-electron chi connectivity index (χ2n) is 6.43. The zero-order chi connectivity index (χ0) is 16.5. The van der Waals surface area contributed by atoms with Gasteiger partial charge in [-0.3, -0.25) is 4.79 Å². The van der Waals surface area contributed by atoms with Crippen LogP contribution in [0.25, 0.3) is 0 Å². The molecule has 4 heteroatoms. The minimum Gasteiger partial charge on any atom is -0.493 e. The fourth-order valence-electron chi connectivity index (χ4n) is 3.23. The van der Waals surface area contributed by atoms with Gasteiger partial charge in [-0.05, 0) is 31.9 Å². The van der Waals surface area contributed by atoms with Crippen LogP contribution in [0, 0.1) is 0 Å². The molecule has 1 aromatic carbocycles. The first-order chi connectivity index (χ1) is 11.2. The van der Waals surface area contributed by atoms with Gasteiger partial charge >= 0.3 is 0 Å². The van der Waals surface area contributed by atoms with E-state index in [0.29, 0.717) is 13.0 Å². The normalized spacial score (nSPS) is 21.1. The van der Waals surface area contributed by atoms with E-state index >= 15 is 0 Å². The summed E-state index contributed by atoms with van der Waals surface area (Å²) in [7, 11) is 0. The van der Waals surface area contributed by atoms with E-state index in [1.807, 2.05) is 31.2 Å². The predicted octanol–water partition coefficient (Wildman–Crippen LogP) is 0.242. The average molecular weight is 320 g/mol. The summed E-state index contributed by atoms with van der Waals surface area (Å²) in [6, 6.07) is 7.60. The molecule has 2 rings (SSSR count). The molecule has 0 spiro atoms. The molecule has 0 atom stereocenters. The number of unbranched alkanes of at least 4 members (excludes halogenated alkanes) is 1. The number of hydrogen-bond donors (Lipinski definition) is 2. The molecule has 0 aliphatic carbocycles. The van der Waals surface area contributed by atoms with E-state index in [1.165, 1.54) is 45.7 Å². The maximum absolute atomic E-state index is 11.9. The van der Waals surface area contributed by atoms with E-state index in [-0.39, 0.29) is 5.78 Å². The number of likely N-dealkylation sites (N-methyl/N-ethyl adjacent to an activating group) is 1. The Morgan fingerprint density at radius 1 is 1.04 bits per heavy atom. The van der Waals surface area contributed by atoms with Crippen LogP contribution in [0.3, 0.4) is 0 Å². The monoisotopic (exact) mass is 320 g/mol. The van der Waals surface area contributed by atoms with E-state index in [1.54, 1.807) is 9.80 Å². The highest BCUT2D eigenvalue weighted by Crippen LogP contribution is 2.19. The van der Waals surface area contributed by atoms with Crippen molar-refractivity contribution in [2.75, 3.05) is 45.9 Å². The number of rotatable bonds is 9. The second-order valence-corrected chi connectivity index (χ2v) is 6.43. The van der Waals surface area contributed by atoms with Crippen LogP contribution >= 0.6 is 0 Å². The summed E-state index contributed by atoms with van der Waals surface area (Å²) < 4.78 is 5.85. The third-order valence-corrected chi connectivity index (χ3v) is 4.86. The molecule has 1 saturated heterocycles. The number of carbonyl (C=O) groups excluding carboxylic acids is 1. The Bertz CT molecular complexity index is 482. The molecule has 1 heterocycles. The van der Waals surface area contributed by atoms with E-state index in [2.05, 4.69) is 6.92 Å². The van der Waals surface area contributed by atoms with Crippen LogP contribution in [0.5, 0.6) is 5.75 Å². The molecule has 0 aromatic heterocycles. The SMILES string of the molecule is CCC(=O)c1ccccc1OCCCC[NH+]1CC[NH+](CC)CC1. The van der Waals surface area contributed by atoms with Crippen molar-refractivity contribution >= 4 is 5.78 Å². The molecule has 1 fully saturated rings. The standard InChI is InChI=1S/C19H30N2O2/c1-3-18(22)17-9-5-6-10-19(17)23-16-8-7-11-21-14-12-20(4-2)13-15-21/h5-6,9-10H,3-4,7-8,11-16H2,1-2H3/p+2. The Morgan fingerprint density at radius 3 is 2.43 bits per heavy atom. The van der Waals surface area contributed by atoms with Crippen molar-refractivity contribution in [2.24, 2.45) is 0 Å². The Labute approximate surface area is 140 Å². The molecule has 128 valence electrons. The molecule has 1 aromatic rings. The van der Waals surface area contributed by atoms with Gasteiger partial charge in [0.2, 0.25) is 0 Å². The highest BCUT2D eigenvalue weighted by molar-refractivity contribution is 5.98. The van der Waals surface area contributed by atoms with Gasteiger partial charge in [-0.1, -0.05) is 19.1 Å². The Morgan fingerprint density at radius 2 is 1.74 bits per heavy atom. The average Bonchev–Trinajstić information content (AvgIpc) is 2.61. The van der Waals surface area contributed by atoms with Gasteiger partial charge in [-0.25, -0.2) is 0 Å². The summed E-state index contributed by atoms with van der Waals surface area (Å²) in [4.78, 5) is 15.4. The topological polar surface area (TPSA) is 35.2 Å². The van der Waals surface area contributed by atoms with Crippen molar-refractivity contribution in [3.63, 3.8) is 0 Å². The minimum atomic E-state index is 0.154. The number of carbonyl (C=O) groups is 1. The molecule has 0 bridgehead atoms. The summed E-state index contributed by atoms with van der Waals surface area (Å²) in [5.41, 5.74) is 0.722. The molecule has 0 radical (unpaired) electrons. The van der Waals surface area contributed by atoms with Crippen LogP contribution in [0.15, 0.2) is 24.3 Å². The number of para-hydroxylation sites is 1. The van der Waals surface area contributed by atoms with Crippen molar-refractivity contribution in [2.45, 2.75) is 33.1 Å². The number of ether oxygens (including phenoxy) is 1. The van der Waals surface area contributed by atoms with E-state index in [9.17, 15) is 4.79 Å². The summed E-state index contributed by atoms with van der Waals surface area (Å²) >= 11 is 0. The third-order valence-electron chi connectivity index (χ3n) is 4.86. The van der Waals surface area contributed by atoms with Gasteiger partial charge in [0, 0.05) is 6.42 Å². The predicted molar refractivity (Wildman–Crippen MR) is 92.6 cm³/mol. The van der Waals surface area contributed by atoms with Crippen LogP contribution < -0.4 is 14.5 Å². The molecule has 0 unspecified atom stereocenters. The van der Waals surface area contributed by atoms with Crippen LogP contribution in [0.1, 0.15) is 43.5 Å². The van der Waals surface area contributed by atoms with Crippen molar-refractivity contribution < 1.29 is 19.3 Å². The van der Waals surface area contributed by atoms with Crippen molar-refractivity contribution in [1.29, 1.82) is 0 Å². The quantitative estimate of drug-likeness (QED) is 0.505. The molecule has 1 aliphatic rings. The third kappa shape index (κ3) is 5.63. The first-order valence-corrected chi connectivity index (χ1v) is 9.16. The fraction of sp³-hybridized carbons (Fsp3) is 0.632. The molecule has 1 aliphatic heterocycles. The summed E-state index contributed by atoms with van der Waals surface area (Å²) in [5, 5.41) is 0. The lowest BCUT2D eigenvalue weighted by Crippen LogP contribution is -3.28. The van der Waals surface area contributed by atoms with E-state index < -0.39 is 0 Å². The number of Topliss-reactive ketones (excluding diaryl/α,β-unsaturated/α-hetero) is 1. The highest BCUT2D eigenvalue weighted by Gasteiger charge is 2.20. The molecule has 2 N–H and O–H groups in total. The molecular formula is C19H32N2O2+2. The van der Waals surface area contributed by atoms with Crippen molar-refractivity contribution in [1.82, 2.24) is 0 Å². The lowest BCUT2D eigenvalue weighted by atomic mass is 10.1. The zero-order valence-electron chi connectivity index (χ0n) is 14.7. The second kappa shape index (κ2) is 9.68. The lowest BCUT2D eigenvalue weighted by molar-refractivity contribution is -1.01. The summed E-state index contributed by atoms with van der Waals surface area (Å²) in [5.74, 6) is 0.896. The van der Waals surface area contributed by atoms with Crippen LogP contribution in [0.2, 0.25) is 0 Å². The molecule has 4 nitrogen and oxygen atoms in total. The van der Waals surface area contributed by atoms with Crippen LogP contribution in [0.4, 0.5) is 0 Å². The van der Waals surface area contributed by atoms with E-state index in [0.717, 1.165) is 17.7 Å². The van der Waals surface area contributed by atoms with Gasteiger partial charge < -0.3 is 14.5 Å². The largest absolute Gasteiger partial charge is 0.493 e. The van der Waals surface area contributed by atoms with Gasteiger partial charge in [-0.15, -0.1) is 0 Å². The zero-order valence-corrected chi connectivity index (χ0v) is 14.7.